The number of imidazole rings is 1. The zero-order valence-corrected chi connectivity index (χ0v) is 26.4. The Morgan fingerprint density at radius 3 is 2.38 bits per heavy atom. The summed E-state index contributed by atoms with van der Waals surface area (Å²) in [6.07, 6.45) is 5.39. The Labute approximate surface area is 264 Å². The molecule has 42 heavy (non-hydrogen) atoms. The van der Waals surface area contributed by atoms with Crippen molar-refractivity contribution in [3.8, 4) is 22.6 Å². The van der Waals surface area contributed by atoms with Crippen molar-refractivity contribution in [3.05, 3.63) is 145 Å². The fourth-order valence-corrected chi connectivity index (χ4v) is 6.24. The van der Waals surface area contributed by atoms with Crippen LogP contribution in [0.1, 0.15) is 25.3 Å². The third-order valence-electron chi connectivity index (χ3n) is 7.29. The monoisotopic (exact) mass is 738 g/mol. The average molecular weight is 738 g/mol. The van der Waals surface area contributed by atoms with Crippen LogP contribution in [0.2, 0.25) is 0 Å². The van der Waals surface area contributed by atoms with Crippen LogP contribution in [-0.4, -0.2) is 9.55 Å². The van der Waals surface area contributed by atoms with E-state index in [9.17, 15) is 0 Å². The van der Waals surface area contributed by atoms with Gasteiger partial charge in [0.1, 0.15) is 0 Å². The van der Waals surface area contributed by atoms with Crippen LogP contribution in [0.3, 0.4) is 0 Å². The van der Waals surface area contributed by atoms with Crippen LogP contribution in [0.15, 0.2) is 131 Å². The maximum atomic E-state index is 4.22. The zero-order chi connectivity index (χ0) is 27.8. The van der Waals surface area contributed by atoms with Gasteiger partial charge < -0.3 is 9.55 Å². The number of hydrogen-bond acceptors (Lipinski definition) is 2. The van der Waals surface area contributed by atoms with Gasteiger partial charge in [-0.25, -0.2) is 0 Å². The fourth-order valence-electron chi connectivity index (χ4n) is 5.14. The molecule has 0 radical (unpaired) electrons. The minimum absolute atomic E-state index is 0. The van der Waals surface area contributed by atoms with Crippen molar-refractivity contribution in [2.45, 2.75) is 29.6 Å². The van der Waals surface area contributed by atoms with Gasteiger partial charge in [-0.3, -0.25) is 4.57 Å². The summed E-state index contributed by atoms with van der Waals surface area (Å²) < 4.78 is 4.35. The molecule has 0 N–H and O–H groups in total. The first-order valence-corrected chi connectivity index (χ1v) is 14.6. The largest absolute Gasteiger partial charge is 3.00 e. The van der Waals surface area contributed by atoms with Gasteiger partial charge in [-0.15, -0.1) is 70.9 Å². The number of fused-ring (bicyclic) bond motifs is 3. The molecule has 204 valence electrons. The first-order chi connectivity index (χ1) is 20.2. The maximum Gasteiger partial charge on any atom is 3.00 e. The molecule has 0 aliphatic carbocycles. The molecule has 0 amide bonds. The Balaban J connectivity index is 0.000000205. The summed E-state index contributed by atoms with van der Waals surface area (Å²) in [4.78, 5) is 6.69. The summed E-state index contributed by atoms with van der Waals surface area (Å²) in [5.74, 6) is 0.527. The summed E-state index contributed by atoms with van der Waals surface area (Å²) in [5.41, 5.74) is 7.93. The quantitative estimate of drug-likeness (QED) is 0.134. The number of para-hydroxylation sites is 1. The van der Waals surface area contributed by atoms with Crippen LogP contribution in [-0.2, 0) is 20.1 Å². The molecule has 0 fully saturated rings. The number of benzene rings is 5. The molecule has 0 unspecified atom stereocenters. The van der Waals surface area contributed by atoms with Gasteiger partial charge in [-0.05, 0) is 41.1 Å². The normalized spacial score (nSPS) is 11.5. The summed E-state index contributed by atoms with van der Waals surface area (Å²) in [6.45, 7) is 4.45. The second-order valence-corrected chi connectivity index (χ2v) is 11.4. The molecule has 3 heterocycles. The topological polar surface area (TPSA) is 21.7 Å². The molecule has 1 aliphatic rings. The van der Waals surface area contributed by atoms with Gasteiger partial charge in [0.05, 0.1) is 16.7 Å². The van der Waals surface area contributed by atoms with Gasteiger partial charge in [0.15, 0.2) is 0 Å². The molecule has 0 saturated heterocycles. The minimum Gasteiger partial charge on any atom is -0.307 e. The summed E-state index contributed by atoms with van der Waals surface area (Å²) in [5, 5.41) is 2.35. The van der Waals surface area contributed by atoms with Crippen molar-refractivity contribution in [1.29, 1.82) is 0 Å². The Morgan fingerprint density at radius 2 is 1.62 bits per heavy atom. The summed E-state index contributed by atoms with van der Waals surface area (Å²) >= 11 is 1.82. The van der Waals surface area contributed by atoms with Crippen molar-refractivity contribution in [1.82, 2.24) is 9.55 Å². The molecule has 1 aliphatic heterocycles. The standard InChI is InChI=1S/C26H19N2S.C11H8N.Ir/c1-17(2)18-10-12-21(13-11-18)27-16-28-23-14-19-6-3-4-7-20(19)15-25(23)29-24-9-5-8-22(27)26(24)28;1-2-6-10(7-3-1)11-8-4-5-9-12-11;/h3-13,15,17H,1-2H3;1-6,8-9H;/q2*-1;+3. The predicted octanol–water partition coefficient (Wildman–Crippen LogP) is 8.80. The van der Waals surface area contributed by atoms with E-state index < -0.39 is 0 Å². The van der Waals surface area contributed by atoms with Crippen molar-refractivity contribution in [3.63, 3.8) is 0 Å². The molecule has 5 aromatic carbocycles. The number of nitrogens with zero attached hydrogens (tertiary/aromatic N) is 3. The van der Waals surface area contributed by atoms with E-state index in [1.54, 1.807) is 6.20 Å². The number of aromatic nitrogens is 3. The smallest absolute Gasteiger partial charge is 0.307 e. The van der Waals surface area contributed by atoms with Crippen LogP contribution in [0.25, 0.3) is 44.4 Å². The first-order valence-electron chi connectivity index (χ1n) is 13.8. The van der Waals surface area contributed by atoms with Crippen LogP contribution < -0.4 is 4.57 Å². The van der Waals surface area contributed by atoms with E-state index in [0.29, 0.717) is 5.92 Å². The van der Waals surface area contributed by atoms with E-state index in [0.717, 1.165) is 28.0 Å². The summed E-state index contributed by atoms with van der Waals surface area (Å²) in [6, 6.07) is 46.5. The van der Waals surface area contributed by atoms with Crippen LogP contribution in [0.4, 0.5) is 0 Å². The second-order valence-electron chi connectivity index (χ2n) is 10.3. The predicted molar refractivity (Wildman–Crippen MR) is 167 cm³/mol. The molecular formula is C37H27IrN3S+. The molecule has 5 heteroatoms. The van der Waals surface area contributed by atoms with E-state index in [2.05, 4.69) is 119 Å². The van der Waals surface area contributed by atoms with E-state index in [1.165, 1.54) is 31.8 Å². The Kier molecular flexibility index (Phi) is 8.08. The van der Waals surface area contributed by atoms with Gasteiger partial charge >= 0.3 is 20.1 Å². The Hall–Kier alpha value is -4.02. The van der Waals surface area contributed by atoms with Gasteiger partial charge in [-0.1, -0.05) is 73.3 Å². The number of rotatable bonds is 3. The van der Waals surface area contributed by atoms with Crippen LogP contribution in [0, 0.1) is 18.5 Å². The van der Waals surface area contributed by atoms with Gasteiger partial charge in [0, 0.05) is 11.1 Å². The fraction of sp³-hybridized carbons (Fsp3) is 0.0811. The third kappa shape index (κ3) is 5.32. The van der Waals surface area contributed by atoms with E-state index >= 15 is 0 Å². The molecule has 0 saturated carbocycles. The van der Waals surface area contributed by atoms with Crippen LogP contribution >= 0.6 is 11.8 Å². The van der Waals surface area contributed by atoms with Crippen molar-refractivity contribution in [2.24, 2.45) is 0 Å². The molecular weight excluding hydrogens is 711 g/mol. The molecule has 2 aromatic heterocycles. The Bertz CT molecular complexity index is 1940. The maximum absolute atomic E-state index is 4.22. The summed E-state index contributed by atoms with van der Waals surface area (Å²) in [7, 11) is 0. The second kappa shape index (κ2) is 12.1. The Morgan fingerprint density at radius 1 is 0.810 bits per heavy atom. The molecule has 8 rings (SSSR count). The van der Waals surface area contributed by atoms with E-state index in [4.69, 9.17) is 0 Å². The van der Waals surface area contributed by atoms with Gasteiger partial charge in [0.25, 0.3) is 6.33 Å². The van der Waals surface area contributed by atoms with E-state index in [-0.39, 0.29) is 20.1 Å². The molecule has 0 bridgehead atoms. The van der Waals surface area contributed by atoms with Crippen molar-refractivity contribution < 1.29 is 24.7 Å². The van der Waals surface area contributed by atoms with Gasteiger partial charge in [-0.2, -0.15) is 11.8 Å². The number of hydrogen-bond donors (Lipinski definition) is 0. The van der Waals surface area contributed by atoms with E-state index in [1.807, 2.05) is 54.2 Å². The van der Waals surface area contributed by atoms with Gasteiger partial charge in [0.2, 0.25) is 0 Å². The zero-order valence-electron chi connectivity index (χ0n) is 23.2. The minimum atomic E-state index is 0. The third-order valence-corrected chi connectivity index (χ3v) is 8.37. The van der Waals surface area contributed by atoms with Crippen molar-refractivity contribution in [2.75, 3.05) is 0 Å². The number of pyridine rings is 1. The SMILES string of the molecule is CC(C)c1ccc(-n2[c-][n+]3c4c(cccc42)Sc2cc4ccccc4[c-]c2-3)cc1.[Ir+3].[c-]1ccccc1-c1ccccn1. The molecule has 7 aromatic rings. The molecule has 3 nitrogen and oxygen atoms in total. The molecule has 0 spiro atoms. The van der Waals surface area contributed by atoms with Crippen LogP contribution in [0.5, 0.6) is 0 Å². The van der Waals surface area contributed by atoms with Crippen molar-refractivity contribution >= 4 is 33.6 Å². The average Bonchev–Trinajstić information content (AvgIpc) is 3.43. The first kappa shape index (κ1) is 28.1. The molecule has 0 atom stereocenters.